The molecule has 1 aliphatic rings. The summed E-state index contributed by atoms with van der Waals surface area (Å²) < 4.78 is 5.90. The maximum Gasteiger partial charge on any atom is 0.126 e. The molecule has 0 aromatic heterocycles. The van der Waals surface area contributed by atoms with Crippen LogP contribution in [0.4, 0.5) is 0 Å². The lowest BCUT2D eigenvalue weighted by molar-refractivity contribution is 0.388. The average Bonchev–Trinajstić information content (AvgIpc) is 2.37. The van der Waals surface area contributed by atoms with Gasteiger partial charge in [0.05, 0.1) is 0 Å². The van der Waals surface area contributed by atoms with Gasteiger partial charge >= 0.3 is 0 Å². The van der Waals surface area contributed by atoms with Crippen LogP contribution in [0, 0.1) is 0 Å². The van der Waals surface area contributed by atoms with Crippen molar-refractivity contribution in [1.82, 2.24) is 0 Å². The second-order valence-electron chi connectivity index (χ2n) is 4.18. The van der Waals surface area contributed by atoms with Crippen LogP contribution >= 0.6 is 0 Å². The summed E-state index contributed by atoms with van der Waals surface area (Å²) in [5.41, 5.74) is 2.62. The van der Waals surface area contributed by atoms with E-state index < -0.39 is 0 Å². The van der Waals surface area contributed by atoms with Gasteiger partial charge in [0.1, 0.15) is 11.5 Å². The number of para-hydroxylation sites is 1. The van der Waals surface area contributed by atoms with Crippen LogP contribution in [0.25, 0.3) is 5.57 Å². The zero-order valence-electron chi connectivity index (χ0n) is 9.60. The van der Waals surface area contributed by atoms with Crippen molar-refractivity contribution < 1.29 is 4.74 Å². The third-order valence-electron chi connectivity index (χ3n) is 3.05. The quantitative estimate of drug-likeness (QED) is 0.753. The first-order chi connectivity index (χ1) is 8.43. The smallest absolute Gasteiger partial charge is 0.126 e. The Balaban J connectivity index is 1.85. The number of hydrogen-bond donors (Lipinski definition) is 0. The van der Waals surface area contributed by atoms with Gasteiger partial charge in [0, 0.05) is 6.42 Å². The molecule has 0 atom stereocenters. The van der Waals surface area contributed by atoms with Crippen molar-refractivity contribution in [3.63, 3.8) is 0 Å². The van der Waals surface area contributed by atoms with E-state index in [9.17, 15) is 0 Å². The van der Waals surface area contributed by atoms with Gasteiger partial charge in [-0.1, -0.05) is 48.5 Å². The first-order valence-corrected chi connectivity index (χ1v) is 5.94. The first-order valence-electron chi connectivity index (χ1n) is 5.94. The van der Waals surface area contributed by atoms with Gasteiger partial charge in [-0.2, -0.15) is 0 Å². The minimum absolute atomic E-state index is 0.927. The molecule has 3 rings (SSSR count). The predicted molar refractivity (Wildman–Crippen MR) is 69.7 cm³/mol. The van der Waals surface area contributed by atoms with Crippen LogP contribution in [0.2, 0.25) is 0 Å². The summed E-state index contributed by atoms with van der Waals surface area (Å²) in [5.74, 6) is 2.04. The van der Waals surface area contributed by atoms with Gasteiger partial charge in [-0.05, 0) is 29.7 Å². The summed E-state index contributed by atoms with van der Waals surface area (Å²) in [7, 11) is 0. The normalized spacial score (nSPS) is 14.4. The highest BCUT2D eigenvalue weighted by Gasteiger charge is 2.20. The topological polar surface area (TPSA) is 9.23 Å². The van der Waals surface area contributed by atoms with Crippen LogP contribution in [-0.4, -0.2) is 0 Å². The van der Waals surface area contributed by atoms with Crippen molar-refractivity contribution in [3.8, 4) is 5.75 Å². The number of hydrogen-bond acceptors (Lipinski definition) is 1. The zero-order chi connectivity index (χ0) is 11.5. The molecule has 2 aromatic rings. The highest BCUT2D eigenvalue weighted by atomic mass is 16.5. The lowest BCUT2D eigenvalue weighted by Crippen LogP contribution is -2.09. The lowest BCUT2D eigenvalue weighted by atomic mass is 9.90. The van der Waals surface area contributed by atoms with Crippen molar-refractivity contribution in [2.24, 2.45) is 0 Å². The molecule has 0 saturated heterocycles. The molecule has 84 valence electrons. The molecule has 1 nitrogen and oxygen atoms in total. The summed E-state index contributed by atoms with van der Waals surface area (Å²) in [6.07, 6.45) is 2.16. The fourth-order valence-electron chi connectivity index (χ4n) is 2.04. The van der Waals surface area contributed by atoms with Crippen LogP contribution in [0.1, 0.15) is 18.4 Å². The Kier molecular flexibility index (Phi) is 2.66. The zero-order valence-corrected chi connectivity index (χ0v) is 9.60. The molecule has 0 spiro atoms. The third-order valence-corrected chi connectivity index (χ3v) is 3.05. The molecule has 17 heavy (non-hydrogen) atoms. The van der Waals surface area contributed by atoms with E-state index in [1.165, 1.54) is 11.1 Å². The minimum Gasteiger partial charge on any atom is -0.461 e. The molecule has 2 aromatic carbocycles. The maximum absolute atomic E-state index is 5.90. The summed E-state index contributed by atoms with van der Waals surface area (Å²) in [4.78, 5) is 0. The van der Waals surface area contributed by atoms with Crippen molar-refractivity contribution in [2.45, 2.75) is 12.8 Å². The van der Waals surface area contributed by atoms with E-state index in [4.69, 9.17) is 4.74 Å². The molecule has 0 heterocycles. The molecular weight excluding hydrogens is 208 g/mol. The minimum atomic E-state index is 0.927. The number of ether oxygens (including phenoxy) is 1. The van der Waals surface area contributed by atoms with Gasteiger partial charge in [0.25, 0.3) is 0 Å². The van der Waals surface area contributed by atoms with Crippen molar-refractivity contribution >= 4 is 5.57 Å². The standard InChI is InChI=1S/C16H14O/c1-3-7-13(8-4-1)15-11-12-16(15)17-14-9-5-2-6-10-14/h1-10H,11-12H2. The Hall–Kier alpha value is -2.02. The monoisotopic (exact) mass is 222 g/mol. The Labute approximate surface area is 101 Å². The molecule has 0 fully saturated rings. The van der Waals surface area contributed by atoms with E-state index >= 15 is 0 Å². The molecule has 0 radical (unpaired) electrons. The van der Waals surface area contributed by atoms with E-state index in [1.807, 2.05) is 36.4 Å². The second kappa shape index (κ2) is 4.46. The fourth-order valence-corrected chi connectivity index (χ4v) is 2.04. The van der Waals surface area contributed by atoms with Gasteiger partial charge in [0.15, 0.2) is 0 Å². The number of allylic oxidation sites excluding steroid dienone is 2. The molecule has 0 saturated carbocycles. The second-order valence-corrected chi connectivity index (χ2v) is 4.18. The van der Waals surface area contributed by atoms with Gasteiger partial charge in [-0.15, -0.1) is 0 Å². The molecule has 0 N–H and O–H groups in total. The van der Waals surface area contributed by atoms with Gasteiger partial charge in [-0.3, -0.25) is 0 Å². The summed E-state index contributed by atoms with van der Waals surface area (Å²) >= 11 is 0. The van der Waals surface area contributed by atoms with Crippen molar-refractivity contribution in [2.75, 3.05) is 0 Å². The molecule has 1 aliphatic carbocycles. The summed E-state index contributed by atoms with van der Waals surface area (Å²) in [6, 6.07) is 20.4. The van der Waals surface area contributed by atoms with Gasteiger partial charge in [0.2, 0.25) is 0 Å². The Morgan fingerprint density at radius 1 is 0.706 bits per heavy atom. The summed E-state index contributed by atoms with van der Waals surface area (Å²) in [5, 5.41) is 0. The van der Waals surface area contributed by atoms with E-state index in [-0.39, 0.29) is 0 Å². The van der Waals surface area contributed by atoms with E-state index in [2.05, 4.69) is 24.3 Å². The third kappa shape index (κ3) is 2.09. The van der Waals surface area contributed by atoms with Gasteiger partial charge < -0.3 is 4.74 Å². The van der Waals surface area contributed by atoms with Crippen LogP contribution in [0.5, 0.6) is 5.75 Å². The summed E-state index contributed by atoms with van der Waals surface area (Å²) in [6.45, 7) is 0. The van der Waals surface area contributed by atoms with E-state index in [0.717, 1.165) is 24.4 Å². The Bertz CT molecular complexity index is 526. The lowest BCUT2D eigenvalue weighted by Gasteiger charge is -2.24. The van der Waals surface area contributed by atoms with Crippen LogP contribution < -0.4 is 4.74 Å². The SMILES string of the molecule is c1ccc(OC2=C(c3ccccc3)CC2)cc1. The Morgan fingerprint density at radius 2 is 1.35 bits per heavy atom. The molecule has 0 bridgehead atoms. The van der Waals surface area contributed by atoms with Crippen LogP contribution in [0.15, 0.2) is 66.4 Å². The molecule has 0 amide bonds. The predicted octanol–water partition coefficient (Wildman–Crippen LogP) is 4.27. The molecule has 0 unspecified atom stereocenters. The molecule has 0 aliphatic heterocycles. The highest BCUT2D eigenvalue weighted by Crippen LogP contribution is 2.37. The average molecular weight is 222 g/mol. The van der Waals surface area contributed by atoms with Crippen molar-refractivity contribution in [1.29, 1.82) is 0 Å². The van der Waals surface area contributed by atoms with E-state index in [0.29, 0.717) is 0 Å². The largest absolute Gasteiger partial charge is 0.461 e. The maximum atomic E-state index is 5.90. The number of benzene rings is 2. The van der Waals surface area contributed by atoms with Crippen LogP contribution in [0.3, 0.4) is 0 Å². The highest BCUT2D eigenvalue weighted by molar-refractivity contribution is 5.72. The van der Waals surface area contributed by atoms with Gasteiger partial charge in [-0.25, -0.2) is 0 Å². The first kappa shape index (κ1) is 10.2. The molecular formula is C16H14O. The van der Waals surface area contributed by atoms with Crippen LogP contribution in [-0.2, 0) is 0 Å². The van der Waals surface area contributed by atoms with E-state index in [1.54, 1.807) is 0 Å². The Morgan fingerprint density at radius 3 is 1.94 bits per heavy atom. The molecule has 1 heteroatoms. The number of rotatable bonds is 3. The van der Waals surface area contributed by atoms with Crippen molar-refractivity contribution in [3.05, 3.63) is 72.0 Å². The fraction of sp³-hybridized carbons (Fsp3) is 0.125.